The van der Waals surface area contributed by atoms with Crippen molar-refractivity contribution in [3.05, 3.63) is 65.0 Å². The molecule has 0 aromatic heterocycles. The summed E-state index contributed by atoms with van der Waals surface area (Å²) in [6, 6.07) is 5.69. The molecule has 1 aliphatic carbocycles. The van der Waals surface area contributed by atoms with Gasteiger partial charge in [0.1, 0.15) is 11.9 Å². The Bertz CT molecular complexity index is 1280. The second-order valence-electron chi connectivity index (χ2n) is 8.95. The van der Waals surface area contributed by atoms with Crippen LogP contribution in [0.5, 0.6) is 0 Å². The number of ether oxygens (including phenoxy) is 1. The third kappa shape index (κ3) is 5.70. The second kappa shape index (κ2) is 9.81. The molecular weight excluding hydrogens is 504 g/mol. The minimum absolute atomic E-state index is 0.0470. The van der Waals surface area contributed by atoms with Gasteiger partial charge in [0.25, 0.3) is 5.91 Å². The lowest BCUT2D eigenvalue weighted by Crippen LogP contribution is -2.56. The van der Waals surface area contributed by atoms with E-state index in [1.54, 1.807) is 0 Å². The summed E-state index contributed by atoms with van der Waals surface area (Å²) in [5.74, 6) is -2.45. The molecule has 0 bridgehead atoms. The topological polar surface area (TPSA) is 92.8 Å². The molecule has 2 atom stereocenters. The van der Waals surface area contributed by atoms with Crippen LogP contribution >= 0.6 is 0 Å². The van der Waals surface area contributed by atoms with Gasteiger partial charge in [-0.15, -0.1) is 0 Å². The standard InChI is InChI=1S/C24H24F4N2O5S/c1-36(33,34)17-4-2-3-15(11-17)23(32)30-9-10-35-13-20(30)22(31)29-21(14-5-6-14)18-8-7-16(12-19(18)25)24(26,27)28/h2-4,7-8,11-12,14,20-21H,5-6,9-10,13H2,1H3,(H,29,31)/t20-,21-/m1/s1. The van der Waals surface area contributed by atoms with Crippen LogP contribution in [0, 0.1) is 11.7 Å². The molecule has 194 valence electrons. The number of rotatable bonds is 6. The van der Waals surface area contributed by atoms with Crippen LogP contribution in [0.25, 0.3) is 0 Å². The molecule has 1 saturated heterocycles. The number of sulfone groups is 1. The van der Waals surface area contributed by atoms with Gasteiger partial charge in [-0.25, -0.2) is 12.8 Å². The number of halogens is 4. The van der Waals surface area contributed by atoms with Crippen LogP contribution in [0.1, 0.15) is 40.4 Å². The largest absolute Gasteiger partial charge is 0.416 e. The highest BCUT2D eigenvalue weighted by molar-refractivity contribution is 7.90. The maximum atomic E-state index is 14.7. The molecule has 1 aliphatic heterocycles. The lowest BCUT2D eigenvalue weighted by atomic mass is 9.99. The van der Waals surface area contributed by atoms with E-state index in [1.807, 2.05) is 0 Å². The molecule has 1 saturated carbocycles. The maximum Gasteiger partial charge on any atom is 0.416 e. The molecular formula is C24H24F4N2O5S. The van der Waals surface area contributed by atoms with Crippen molar-refractivity contribution in [3.63, 3.8) is 0 Å². The summed E-state index contributed by atoms with van der Waals surface area (Å²) in [6.45, 7) is 0.0693. The SMILES string of the molecule is CS(=O)(=O)c1cccc(C(=O)N2CCOC[C@@H]2C(=O)N[C@@H](c2ccc(C(F)(F)F)cc2F)C2CC2)c1. The number of carbonyl (C=O) groups is 2. The van der Waals surface area contributed by atoms with Crippen LogP contribution < -0.4 is 5.32 Å². The first-order chi connectivity index (χ1) is 16.9. The zero-order valence-corrected chi connectivity index (χ0v) is 20.0. The quantitative estimate of drug-likeness (QED) is 0.581. The van der Waals surface area contributed by atoms with Gasteiger partial charge in [0.2, 0.25) is 5.91 Å². The molecule has 2 aromatic carbocycles. The average Bonchev–Trinajstić information content (AvgIpc) is 3.66. The lowest BCUT2D eigenvalue weighted by molar-refractivity contribution is -0.138. The number of alkyl halides is 3. The fourth-order valence-corrected chi connectivity index (χ4v) is 4.84. The number of benzene rings is 2. The van der Waals surface area contributed by atoms with Gasteiger partial charge in [0.05, 0.1) is 29.7 Å². The van der Waals surface area contributed by atoms with Crippen molar-refractivity contribution in [2.24, 2.45) is 5.92 Å². The molecule has 0 spiro atoms. The number of amides is 2. The van der Waals surface area contributed by atoms with Crippen molar-refractivity contribution in [1.82, 2.24) is 10.2 Å². The number of hydrogen-bond acceptors (Lipinski definition) is 5. The molecule has 2 fully saturated rings. The van der Waals surface area contributed by atoms with Crippen molar-refractivity contribution >= 4 is 21.7 Å². The average molecular weight is 529 g/mol. The van der Waals surface area contributed by atoms with Gasteiger partial charge < -0.3 is 15.0 Å². The van der Waals surface area contributed by atoms with E-state index in [0.717, 1.165) is 18.4 Å². The van der Waals surface area contributed by atoms with Gasteiger partial charge >= 0.3 is 6.18 Å². The predicted octanol–water partition coefficient (Wildman–Crippen LogP) is 3.36. The van der Waals surface area contributed by atoms with Crippen LogP contribution in [0.15, 0.2) is 47.4 Å². The first-order valence-corrected chi connectivity index (χ1v) is 13.1. The Balaban J connectivity index is 1.56. The van der Waals surface area contributed by atoms with E-state index in [-0.39, 0.29) is 41.7 Å². The zero-order valence-electron chi connectivity index (χ0n) is 19.2. The van der Waals surface area contributed by atoms with Crippen molar-refractivity contribution in [3.8, 4) is 0 Å². The molecule has 36 heavy (non-hydrogen) atoms. The molecule has 4 rings (SSSR count). The number of hydrogen-bond donors (Lipinski definition) is 1. The molecule has 1 heterocycles. The summed E-state index contributed by atoms with van der Waals surface area (Å²) in [4.78, 5) is 27.7. The maximum absolute atomic E-state index is 14.7. The van der Waals surface area contributed by atoms with Crippen molar-refractivity contribution in [2.75, 3.05) is 26.0 Å². The minimum atomic E-state index is -4.70. The van der Waals surface area contributed by atoms with E-state index in [4.69, 9.17) is 4.74 Å². The summed E-state index contributed by atoms with van der Waals surface area (Å²) in [7, 11) is -3.57. The number of carbonyl (C=O) groups excluding carboxylic acids is 2. The second-order valence-corrected chi connectivity index (χ2v) is 11.0. The van der Waals surface area contributed by atoms with Gasteiger partial charge in [-0.2, -0.15) is 13.2 Å². The van der Waals surface area contributed by atoms with Crippen molar-refractivity contribution in [1.29, 1.82) is 0 Å². The Labute approximate surface area is 205 Å². The third-order valence-corrected chi connectivity index (χ3v) is 7.37. The highest BCUT2D eigenvalue weighted by Crippen LogP contribution is 2.42. The lowest BCUT2D eigenvalue weighted by Gasteiger charge is -2.35. The van der Waals surface area contributed by atoms with E-state index < -0.39 is 51.3 Å². The summed E-state index contributed by atoms with van der Waals surface area (Å²) >= 11 is 0. The van der Waals surface area contributed by atoms with Gasteiger partial charge in [-0.3, -0.25) is 9.59 Å². The van der Waals surface area contributed by atoms with E-state index in [0.29, 0.717) is 18.9 Å². The Morgan fingerprint density at radius 2 is 1.86 bits per heavy atom. The van der Waals surface area contributed by atoms with Crippen molar-refractivity contribution in [2.45, 2.75) is 36.0 Å². The molecule has 7 nitrogen and oxygen atoms in total. The molecule has 2 aliphatic rings. The van der Waals surface area contributed by atoms with E-state index in [2.05, 4.69) is 5.32 Å². The summed E-state index contributed by atoms with van der Waals surface area (Å²) in [6.07, 6.45) is -2.37. The normalized spacial score (nSPS) is 19.6. The zero-order chi connectivity index (χ0) is 26.3. The van der Waals surface area contributed by atoms with Crippen LogP contribution in [-0.4, -0.2) is 57.2 Å². The third-order valence-electron chi connectivity index (χ3n) is 6.26. The highest BCUT2D eigenvalue weighted by atomic mass is 32.2. The minimum Gasteiger partial charge on any atom is -0.377 e. The molecule has 0 radical (unpaired) electrons. The first kappa shape index (κ1) is 26.1. The Hall–Kier alpha value is -2.99. The van der Waals surface area contributed by atoms with E-state index in [9.17, 15) is 35.6 Å². The summed E-state index contributed by atoms with van der Waals surface area (Å²) in [5.41, 5.74) is -1.11. The highest BCUT2D eigenvalue weighted by Gasteiger charge is 2.40. The van der Waals surface area contributed by atoms with Gasteiger partial charge in [-0.05, 0) is 49.1 Å². The summed E-state index contributed by atoms with van der Waals surface area (Å²) in [5, 5.41) is 2.71. The Morgan fingerprint density at radius 1 is 1.14 bits per heavy atom. The first-order valence-electron chi connectivity index (χ1n) is 11.2. The number of nitrogens with zero attached hydrogens (tertiary/aromatic N) is 1. The van der Waals surface area contributed by atoms with Crippen LogP contribution in [-0.2, 0) is 25.5 Å². The van der Waals surface area contributed by atoms with E-state index >= 15 is 0 Å². The van der Waals surface area contributed by atoms with Gasteiger partial charge in [0, 0.05) is 23.9 Å². The van der Waals surface area contributed by atoms with Crippen LogP contribution in [0.4, 0.5) is 17.6 Å². The molecule has 2 amide bonds. The molecule has 12 heteroatoms. The van der Waals surface area contributed by atoms with E-state index in [1.165, 1.54) is 29.2 Å². The Kier molecular flexibility index (Phi) is 7.11. The van der Waals surface area contributed by atoms with Crippen LogP contribution in [0.3, 0.4) is 0 Å². The van der Waals surface area contributed by atoms with Gasteiger partial charge in [0.15, 0.2) is 9.84 Å². The Morgan fingerprint density at radius 3 is 2.47 bits per heavy atom. The van der Waals surface area contributed by atoms with Crippen LogP contribution in [0.2, 0.25) is 0 Å². The van der Waals surface area contributed by atoms with Crippen molar-refractivity contribution < 1.29 is 40.3 Å². The molecule has 2 aromatic rings. The monoisotopic (exact) mass is 528 g/mol. The van der Waals surface area contributed by atoms with Gasteiger partial charge in [-0.1, -0.05) is 12.1 Å². The smallest absolute Gasteiger partial charge is 0.377 e. The summed E-state index contributed by atoms with van der Waals surface area (Å²) < 4.78 is 82.7. The number of nitrogens with one attached hydrogen (secondary N) is 1. The predicted molar refractivity (Wildman–Crippen MR) is 120 cm³/mol. The fraction of sp³-hybridized carbons (Fsp3) is 0.417. The fourth-order valence-electron chi connectivity index (χ4n) is 4.17. The number of morpholine rings is 1. The molecule has 1 N–H and O–H groups in total. The molecule has 0 unspecified atom stereocenters.